The first-order chi connectivity index (χ1) is 8.78. The van der Waals surface area contributed by atoms with Gasteiger partial charge in [-0.05, 0) is 57.5 Å². The van der Waals surface area contributed by atoms with E-state index in [-0.39, 0.29) is 0 Å². The van der Waals surface area contributed by atoms with Gasteiger partial charge in [-0.3, -0.25) is 0 Å². The number of nitriles is 1. The van der Waals surface area contributed by atoms with E-state index in [1.54, 1.807) is 18.3 Å². The van der Waals surface area contributed by atoms with Gasteiger partial charge in [-0.15, -0.1) is 0 Å². The highest BCUT2D eigenvalue weighted by molar-refractivity contribution is 5.42. The van der Waals surface area contributed by atoms with Gasteiger partial charge in [0.15, 0.2) is 0 Å². The normalized spacial score (nSPS) is 17.3. The molecule has 0 saturated carbocycles. The Balaban J connectivity index is 1.73. The van der Waals surface area contributed by atoms with Gasteiger partial charge >= 0.3 is 0 Å². The fraction of sp³-hybridized carbons (Fsp3) is 0.571. The van der Waals surface area contributed by atoms with Gasteiger partial charge in [0.25, 0.3) is 0 Å². The molecule has 0 radical (unpaired) electrons. The highest BCUT2D eigenvalue weighted by Crippen LogP contribution is 2.19. The van der Waals surface area contributed by atoms with Crippen molar-refractivity contribution in [3.8, 4) is 6.07 Å². The lowest BCUT2D eigenvalue weighted by atomic mass is 9.94. The molecule has 2 rings (SSSR count). The Morgan fingerprint density at radius 1 is 1.50 bits per heavy atom. The second-order valence-electron chi connectivity index (χ2n) is 5.00. The second-order valence-corrected chi connectivity index (χ2v) is 5.00. The molecule has 0 amide bonds. The van der Waals surface area contributed by atoms with Crippen molar-refractivity contribution >= 4 is 5.82 Å². The number of nitrogens with zero attached hydrogens (tertiary/aromatic N) is 3. The molecule has 1 fully saturated rings. The molecule has 2 heterocycles. The van der Waals surface area contributed by atoms with Gasteiger partial charge in [-0.25, -0.2) is 4.98 Å². The van der Waals surface area contributed by atoms with Crippen molar-refractivity contribution in [3.05, 3.63) is 23.9 Å². The quantitative estimate of drug-likeness (QED) is 0.881. The molecule has 4 nitrogen and oxygen atoms in total. The summed E-state index contributed by atoms with van der Waals surface area (Å²) in [4.78, 5) is 6.60. The lowest BCUT2D eigenvalue weighted by molar-refractivity contribution is 0.215. The standard InChI is InChI=1S/C14H20N4/c1-18-8-4-12(5-9-18)2-6-16-14-10-13(11-15)3-7-17-14/h3,7,10,12H,2,4-6,8-9H2,1H3,(H,16,17). The first-order valence-corrected chi connectivity index (χ1v) is 6.56. The van der Waals surface area contributed by atoms with Crippen LogP contribution in [0, 0.1) is 17.2 Å². The molecule has 1 aromatic heterocycles. The van der Waals surface area contributed by atoms with Crippen LogP contribution >= 0.6 is 0 Å². The Kier molecular flexibility index (Phi) is 4.54. The van der Waals surface area contributed by atoms with Gasteiger partial charge in [-0.2, -0.15) is 5.26 Å². The average molecular weight is 244 g/mol. The Bertz CT molecular complexity index is 416. The molecule has 0 spiro atoms. The first-order valence-electron chi connectivity index (χ1n) is 6.56. The van der Waals surface area contributed by atoms with Crippen molar-refractivity contribution in [2.24, 2.45) is 5.92 Å². The third-order valence-corrected chi connectivity index (χ3v) is 3.59. The topological polar surface area (TPSA) is 52.0 Å². The summed E-state index contributed by atoms with van der Waals surface area (Å²) in [7, 11) is 2.19. The van der Waals surface area contributed by atoms with E-state index in [9.17, 15) is 0 Å². The zero-order valence-electron chi connectivity index (χ0n) is 10.9. The van der Waals surface area contributed by atoms with Crippen LogP contribution < -0.4 is 5.32 Å². The summed E-state index contributed by atoms with van der Waals surface area (Å²) in [5.41, 5.74) is 0.659. The molecule has 0 aromatic carbocycles. The van der Waals surface area contributed by atoms with Crippen molar-refractivity contribution in [2.75, 3.05) is 32.0 Å². The van der Waals surface area contributed by atoms with Crippen LogP contribution in [0.2, 0.25) is 0 Å². The van der Waals surface area contributed by atoms with E-state index < -0.39 is 0 Å². The number of piperidine rings is 1. The largest absolute Gasteiger partial charge is 0.370 e. The van der Waals surface area contributed by atoms with Crippen LogP contribution in [0.4, 0.5) is 5.82 Å². The highest BCUT2D eigenvalue weighted by Gasteiger charge is 2.15. The van der Waals surface area contributed by atoms with E-state index in [4.69, 9.17) is 5.26 Å². The van der Waals surface area contributed by atoms with Crippen molar-refractivity contribution < 1.29 is 0 Å². The summed E-state index contributed by atoms with van der Waals surface area (Å²) >= 11 is 0. The molecule has 1 aliphatic rings. The lowest BCUT2D eigenvalue weighted by Gasteiger charge is -2.28. The molecule has 0 atom stereocenters. The number of pyridine rings is 1. The smallest absolute Gasteiger partial charge is 0.127 e. The van der Waals surface area contributed by atoms with Gasteiger partial charge in [-0.1, -0.05) is 0 Å². The number of anilines is 1. The zero-order chi connectivity index (χ0) is 12.8. The second kappa shape index (κ2) is 6.36. The van der Waals surface area contributed by atoms with Gasteiger partial charge in [0, 0.05) is 12.7 Å². The van der Waals surface area contributed by atoms with Crippen molar-refractivity contribution in [2.45, 2.75) is 19.3 Å². The lowest BCUT2D eigenvalue weighted by Crippen LogP contribution is -2.30. The van der Waals surface area contributed by atoms with Gasteiger partial charge in [0.2, 0.25) is 0 Å². The summed E-state index contributed by atoms with van der Waals surface area (Å²) < 4.78 is 0. The molecule has 1 aromatic rings. The predicted octanol–water partition coefficient (Wildman–Crippen LogP) is 2.10. The van der Waals surface area contributed by atoms with Gasteiger partial charge in [0.05, 0.1) is 11.6 Å². The molecule has 96 valence electrons. The molecule has 1 saturated heterocycles. The van der Waals surface area contributed by atoms with E-state index in [2.05, 4.69) is 28.3 Å². The maximum atomic E-state index is 8.81. The third-order valence-electron chi connectivity index (χ3n) is 3.59. The summed E-state index contributed by atoms with van der Waals surface area (Å²) in [6.45, 7) is 3.37. The summed E-state index contributed by atoms with van der Waals surface area (Å²) in [5, 5.41) is 12.1. The molecule has 18 heavy (non-hydrogen) atoms. The monoisotopic (exact) mass is 244 g/mol. The molecule has 0 aliphatic carbocycles. The molecule has 4 heteroatoms. The van der Waals surface area contributed by atoms with Crippen LogP contribution in [0.1, 0.15) is 24.8 Å². The van der Waals surface area contributed by atoms with E-state index in [1.807, 2.05) is 0 Å². The minimum atomic E-state index is 0.659. The van der Waals surface area contributed by atoms with Crippen LogP contribution in [0.25, 0.3) is 0 Å². The highest BCUT2D eigenvalue weighted by atomic mass is 15.1. The van der Waals surface area contributed by atoms with E-state index >= 15 is 0 Å². The molecule has 1 N–H and O–H groups in total. The molecular weight excluding hydrogens is 224 g/mol. The van der Waals surface area contributed by atoms with Crippen LogP contribution in [-0.2, 0) is 0 Å². The van der Waals surface area contributed by atoms with Crippen molar-refractivity contribution in [1.82, 2.24) is 9.88 Å². The number of nitrogens with one attached hydrogen (secondary N) is 1. The number of hydrogen-bond donors (Lipinski definition) is 1. The summed E-state index contributed by atoms with van der Waals surface area (Å²) in [6.07, 6.45) is 5.45. The number of hydrogen-bond acceptors (Lipinski definition) is 4. The van der Waals surface area contributed by atoms with E-state index in [0.29, 0.717) is 5.56 Å². The van der Waals surface area contributed by atoms with Crippen LogP contribution in [0.5, 0.6) is 0 Å². The van der Waals surface area contributed by atoms with E-state index in [1.165, 1.54) is 32.4 Å². The third kappa shape index (κ3) is 3.71. The Labute approximate surface area is 109 Å². The minimum absolute atomic E-state index is 0.659. The van der Waals surface area contributed by atoms with Crippen LogP contribution in [0.15, 0.2) is 18.3 Å². The Morgan fingerprint density at radius 3 is 3.00 bits per heavy atom. The van der Waals surface area contributed by atoms with Gasteiger partial charge < -0.3 is 10.2 Å². The van der Waals surface area contributed by atoms with Crippen molar-refractivity contribution in [3.63, 3.8) is 0 Å². The van der Waals surface area contributed by atoms with E-state index in [0.717, 1.165) is 18.3 Å². The summed E-state index contributed by atoms with van der Waals surface area (Å²) in [6, 6.07) is 5.65. The number of rotatable bonds is 4. The fourth-order valence-corrected chi connectivity index (χ4v) is 2.35. The molecule has 0 unspecified atom stereocenters. The Hall–Kier alpha value is -1.60. The molecular formula is C14H20N4. The Morgan fingerprint density at radius 2 is 2.28 bits per heavy atom. The predicted molar refractivity (Wildman–Crippen MR) is 72.3 cm³/mol. The van der Waals surface area contributed by atoms with Gasteiger partial charge in [0.1, 0.15) is 5.82 Å². The summed E-state index contributed by atoms with van der Waals surface area (Å²) in [5.74, 6) is 1.63. The van der Waals surface area contributed by atoms with Crippen LogP contribution in [0.3, 0.4) is 0 Å². The maximum Gasteiger partial charge on any atom is 0.127 e. The minimum Gasteiger partial charge on any atom is -0.370 e. The first kappa shape index (κ1) is 12.8. The average Bonchev–Trinajstić information content (AvgIpc) is 2.41. The molecule has 0 bridgehead atoms. The van der Waals surface area contributed by atoms with Crippen molar-refractivity contribution in [1.29, 1.82) is 5.26 Å². The maximum absolute atomic E-state index is 8.81. The molecule has 1 aliphatic heterocycles. The number of likely N-dealkylation sites (tertiary alicyclic amines) is 1. The van der Waals surface area contributed by atoms with Crippen LogP contribution in [-0.4, -0.2) is 36.6 Å². The zero-order valence-corrected chi connectivity index (χ0v) is 10.9. The SMILES string of the molecule is CN1CCC(CCNc2cc(C#N)ccn2)CC1. The number of aromatic nitrogens is 1. The fourth-order valence-electron chi connectivity index (χ4n) is 2.35.